The Kier molecular flexibility index (Phi) is 4.44. The molecule has 4 nitrogen and oxygen atoms in total. The van der Waals surface area contributed by atoms with Gasteiger partial charge < -0.3 is 19.9 Å². The zero-order valence-electron chi connectivity index (χ0n) is 11.0. The summed E-state index contributed by atoms with van der Waals surface area (Å²) in [6.07, 6.45) is 2.54. The van der Waals surface area contributed by atoms with E-state index in [2.05, 4.69) is 0 Å². The lowest BCUT2D eigenvalue weighted by Gasteiger charge is -2.34. The largest absolute Gasteiger partial charge is 0.493 e. The number of nitrogens with two attached hydrogens (primary N) is 1. The SMILES string of the molecule is COc1ccc(COC2CC(CN)C2)cc1OC. The van der Waals surface area contributed by atoms with Gasteiger partial charge in [-0.2, -0.15) is 0 Å². The summed E-state index contributed by atoms with van der Waals surface area (Å²) >= 11 is 0. The van der Waals surface area contributed by atoms with Crippen LogP contribution in [0.15, 0.2) is 18.2 Å². The minimum Gasteiger partial charge on any atom is -0.493 e. The van der Waals surface area contributed by atoms with Crippen LogP contribution in [0.25, 0.3) is 0 Å². The van der Waals surface area contributed by atoms with E-state index in [4.69, 9.17) is 19.9 Å². The van der Waals surface area contributed by atoms with Crippen LogP contribution in [0, 0.1) is 5.92 Å². The topological polar surface area (TPSA) is 53.7 Å². The number of hydrogen-bond donors (Lipinski definition) is 1. The third-order valence-corrected chi connectivity index (χ3v) is 3.46. The Hall–Kier alpha value is -1.26. The molecule has 2 N–H and O–H groups in total. The van der Waals surface area contributed by atoms with E-state index < -0.39 is 0 Å². The predicted molar refractivity (Wildman–Crippen MR) is 69.9 cm³/mol. The fourth-order valence-corrected chi connectivity index (χ4v) is 2.19. The smallest absolute Gasteiger partial charge is 0.161 e. The molecule has 0 amide bonds. The van der Waals surface area contributed by atoms with Gasteiger partial charge in [-0.3, -0.25) is 0 Å². The molecule has 1 aliphatic rings. The van der Waals surface area contributed by atoms with Crippen molar-refractivity contribution in [2.75, 3.05) is 20.8 Å². The number of hydrogen-bond acceptors (Lipinski definition) is 4. The Labute approximate surface area is 108 Å². The third kappa shape index (κ3) is 2.94. The maximum absolute atomic E-state index is 5.82. The lowest BCUT2D eigenvalue weighted by atomic mass is 9.82. The summed E-state index contributed by atoms with van der Waals surface area (Å²) in [7, 11) is 3.27. The van der Waals surface area contributed by atoms with Gasteiger partial charge in [0.05, 0.1) is 26.9 Å². The molecule has 0 spiro atoms. The van der Waals surface area contributed by atoms with Crippen LogP contribution in [-0.4, -0.2) is 26.9 Å². The first-order chi connectivity index (χ1) is 8.76. The Balaban J connectivity index is 1.86. The lowest BCUT2D eigenvalue weighted by Crippen LogP contribution is -2.35. The van der Waals surface area contributed by atoms with E-state index in [9.17, 15) is 0 Å². The van der Waals surface area contributed by atoms with Gasteiger partial charge in [0, 0.05) is 0 Å². The van der Waals surface area contributed by atoms with Crippen molar-refractivity contribution in [3.05, 3.63) is 23.8 Å². The summed E-state index contributed by atoms with van der Waals surface area (Å²) in [5.74, 6) is 2.14. The molecule has 1 fully saturated rings. The molecular formula is C14H21NO3. The summed E-state index contributed by atoms with van der Waals surface area (Å²) in [5, 5.41) is 0. The highest BCUT2D eigenvalue weighted by atomic mass is 16.5. The summed E-state index contributed by atoms with van der Waals surface area (Å²) in [6, 6.07) is 5.86. The maximum Gasteiger partial charge on any atom is 0.161 e. The minimum atomic E-state index is 0.367. The monoisotopic (exact) mass is 251 g/mol. The van der Waals surface area contributed by atoms with Gasteiger partial charge in [0.25, 0.3) is 0 Å². The van der Waals surface area contributed by atoms with Gasteiger partial charge >= 0.3 is 0 Å². The Morgan fingerprint density at radius 3 is 2.50 bits per heavy atom. The summed E-state index contributed by atoms with van der Waals surface area (Å²) < 4.78 is 16.3. The molecule has 2 rings (SSSR count). The first-order valence-electron chi connectivity index (χ1n) is 6.29. The first-order valence-corrected chi connectivity index (χ1v) is 6.29. The molecule has 100 valence electrons. The van der Waals surface area contributed by atoms with E-state index in [1.54, 1.807) is 14.2 Å². The van der Waals surface area contributed by atoms with Gasteiger partial charge in [-0.05, 0) is 43.0 Å². The molecule has 0 aliphatic heterocycles. The van der Waals surface area contributed by atoms with E-state index in [0.717, 1.165) is 36.4 Å². The molecule has 0 aromatic heterocycles. The average Bonchev–Trinajstić information content (AvgIpc) is 2.37. The van der Waals surface area contributed by atoms with Crippen LogP contribution in [0.3, 0.4) is 0 Å². The molecule has 1 saturated carbocycles. The fourth-order valence-electron chi connectivity index (χ4n) is 2.19. The molecule has 1 aliphatic carbocycles. The van der Waals surface area contributed by atoms with Crippen LogP contribution in [0.4, 0.5) is 0 Å². The summed E-state index contributed by atoms with van der Waals surface area (Å²) in [6.45, 7) is 1.39. The van der Waals surface area contributed by atoms with Crippen LogP contribution < -0.4 is 15.2 Å². The van der Waals surface area contributed by atoms with Crippen LogP contribution in [-0.2, 0) is 11.3 Å². The van der Waals surface area contributed by atoms with Gasteiger partial charge in [0.15, 0.2) is 11.5 Å². The maximum atomic E-state index is 5.82. The first kappa shape index (κ1) is 13.2. The Morgan fingerprint density at radius 2 is 1.89 bits per heavy atom. The van der Waals surface area contributed by atoms with Crippen molar-refractivity contribution in [3.8, 4) is 11.5 Å². The van der Waals surface area contributed by atoms with Crippen molar-refractivity contribution >= 4 is 0 Å². The van der Waals surface area contributed by atoms with E-state index in [1.807, 2.05) is 18.2 Å². The van der Waals surface area contributed by atoms with Gasteiger partial charge in [0.1, 0.15) is 0 Å². The van der Waals surface area contributed by atoms with E-state index in [0.29, 0.717) is 18.6 Å². The van der Waals surface area contributed by atoms with Crippen LogP contribution in [0.1, 0.15) is 18.4 Å². The van der Waals surface area contributed by atoms with Crippen molar-refractivity contribution in [3.63, 3.8) is 0 Å². The van der Waals surface area contributed by atoms with Crippen molar-refractivity contribution in [1.29, 1.82) is 0 Å². The number of benzene rings is 1. The quantitative estimate of drug-likeness (QED) is 0.839. The lowest BCUT2D eigenvalue weighted by molar-refractivity contribution is -0.0376. The number of ether oxygens (including phenoxy) is 3. The van der Waals surface area contributed by atoms with Gasteiger partial charge in [0.2, 0.25) is 0 Å². The molecular weight excluding hydrogens is 230 g/mol. The zero-order valence-corrected chi connectivity index (χ0v) is 11.0. The third-order valence-electron chi connectivity index (χ3n) is 3.46. The van der Waals surface area contributed by atoms with Crippen molar-refractivity contribution in [2.45, 2.75) is 25.6 Å². The average molecular weight is 251 g/mol. The number of rotatable bonds is 6. The van der Waals surface area contributed by atoms with E-state index in [1.165, 1.54) is 0 Å². The molecule has 0 unspecified atom stereocenters. The molecule has 0 saturated heterocycles. The van der Waals surface area contributed by atoms with Gasteiger partial charge in [-0.15, -0.1) is 0 Å². The van der Waals surface area contributed by atoms with Crippen molar-refractivity contribution in [2.24, 2.45) is 11.7 Å². The molecule has 1 aromatic rings. The van der Waals surface area contributed by atoms with Crippen molar-refractivity contribution < 1.29 is 14.2 Å². The van der Waals surface area contributed by atoms with Crippen LogP contribution in [0.2, 0.25) is 0 Å². The second-order valence-corrected chi connectivity index (χ2v) is 4.70. The molecule has 0 atom stereocenters. The summed E-state index contributed by atoms with van der Waals surface area (Å²) in [5.41, 5.74) is 6.69. The highest BCUT2D eigenvalue weighted by molar-refractivity contribution is 5.42. The molecule has 4 heteroatoms. The van der Waals surface area contributed by atoms with Crippen LogP contribution in [0.5, 0.6) is 11.5 Å². The van der Waals surface area contributed by atoms with Crippen molar-refractivity contribution in [1.82, 2.24) is 0 Å². The fraction of sp³-hybridized carbons (Fsp3) is 0.571. The molecule has 1 aromatic carbocycles. The standard InChI is InChI=1S/C14H21NO3/c1-16-13-4-3-10(7-14(13)17-2)9-18-12-5-11(6-12)8-15/h3-4,7,11-12H,5-6,8-9,15H2,1-2H3. The Bertz CT molecular complexity index is 389. The predicted octanol–water partition coefficient (Wildman–Crippen LogP) is 1.96. The van der Waals surface area contributed by atoms with Crippen LogP contribution >= 0.6 is 0 Å². The second-order valence-electron chi connectivity index (χ2n) is 4.70. The zero-order chi connectivity index (χ0) is 13.0. The molecule has 0 radical (unpaired) electrons. The summed E-state index contributed by atoms with van der Waals surface area (Å²) in [4.78, 5) is 0. The molecule has 0 heterocycles. The van der Waals surface area contributed by atoms with Gasteiger partial charge in [-0.1, -0.05) is 6.07 Å². The normalized spacial score (nSPS) is 22.4. The van der Waals surface area contributed by atoms with E-state index in [-0.39, 0.29) is 0 Å². The second kappa shape index (κ2) is 6.07. The van der Waals surface area contributed by atoms with Gasteiger partial charge in [-0.25, -0.2) is 0 Å². The molecule has 0 bridgehead atoms. The highest BCUT2D eigenvalue weighted by Crippen LogP contribution is 2.31. The van der Waals surface area contributed by atoms with E-state index >= 15 is 0 Å². The highest BCUT2D eigenvalue weighted by Gasteiger charge is 2.28. The Morgan fingerprint density at radius 1 is 1.17 bits per heavy atom. The molecule has 18 heavy (non-hydrogen) atoms. The minimum absolute atomic E-state index is 0.367. The number of methoxy groups -OCH3 is 2.